The van der Waals surface area contributed by atoms with Gasteiger partial charge in [0.15, 0.2) is 0 Å². The molecule has 0 bridgehead atoms. The molecule has 1 amide bonds. The molecule has 0 radical (unpaired) electrons. The van der Waals surface area contributed by atoms with Crippen LogP contribution in [0.5, 0.6) is 5.75 Å². The Morgan fingerprint density at radius 3 is 2.38 bits per heavy atom. The molecule has 3 aromatic rings. The third kappa shape index (κ3) is 3.36. The van der Waals surface area contributed by atoms with Crippen LogP contribution in [0, 0.1) is 13.8 Å². The van der Waals surface area contributed by atoms with Crippen molar-refractivity contribution in [3.63, 3.8) is 0 Å². The number of ether oxygens (including phenoxy) is 1. The van der Waals surface area contributed by atoms with E-state index in [0.717, 1.165) is 11.4 Å². The van der Waals surface area contributed by atoms with Crippen LogP contribution in [0.2, 0.25) is 0 Å². The van der Waals surface area contributed by atoms with E-state index in [9.17, 15) is 4.79 Å². The average Bonchev–Trinajstić information content (AvgIpc) is 2.96. The van der Waals surface area contributed by atoms with E-state index >= 15 is 0 Å². The summed E-state index contributed by atoms with van der Waals surface area (Å²) >= 11 is 0. The molecule has 0 aliphatic heterocycles. The highest BCUT2D eigenvalue weighted by Crippen LogP contribution is 2.28. The first-order chi connectivity index (χ1) is 12.5. The van der Waals surface area contributed by atoms with Crippen LogP contribution in [0.1, 0.15) is 40.3 Å². The van der Waals surface area contributed by atoms with Crippen LogP contribution in [-0.2, 0) is 0 Å². The van der Waals surface area contributed by atoms with E-state index in [1.54, 1.807) is 7.11 Å². The molecule has 4 nitrogen and oxygen atoms in total. The highest BCUT2D eigenvalue weighted by molar-refractivity contribution is 6.06. The maximum atomic E-state index is 12.8. The van der Waals surface area contributed by atoms with Crippen molar-refractivity contribution in [2.75, 3.05) is 12.4 Å². The van der Waals surface area contributed by atoms with Crippen molar-refractivity contribution >= 4 is 11.6 Å². The second-order valence-electron chi connectivity index (χ2n) is 6.40. The Morgan fingerprint density at radius 1 is 1.04 bits per heavy atom. The quantitative estimate of drug-likeness (QED) is 0.707. The van der Waals surface area contributed by atoms with Crippen LogP contribution in [0.25, 0.3) is 0 Å². The third-order valence-corrected chi connectivity index (χ3v) is 4.75. The molecular weight excluding hydrogens is 324 g/mol. The van der Waals surface area contributed by atoms with Crippen LogP contribution >= 0.6 is 0 Å². The molecule has 0 fully saturated rings. The number of nitrogens with zero attached hydrogens (tertiary/aromatic N) is 1. The van der Waals surface area contributed by atoms with E-state index in [1.165, 1.54) is 5.56 Å². The zero-order valence-electron chi connectivity index (χ0n) is 15.6. The maximum Gasteiger partial charge on any atom is 0.257 e. The molecule has 1 aromatic heterocycles. The number of aromatic nitrogens is 1. The number of methoxy groups -OCH3 is 1. The molecule has 0 saturated heterocycles. The smallest absolute Gasteiger partial charge is 0.257 e. The minimum absolute atomic E-state index is 0.130. The summed E-state index contributed by atoms with van der Waals surface area (Å²) in [5.74, 6) is 0.515. The second kappa shape index (κ2) is 7.48. The Labute approximate surface area is 154 Å². The number of carbonyl (C=O) groups excluding carboxylic acids is 1. The lowest BCUT2D eigenvalue weighted by Crippen LogP contribution is -2.15. The fraction of sp³-hybridized carbons (Fsp3) is 0.227. The standard InChI is InChI=1S/C22H24N2O2/c1-15-14-19(22(25)23-20-12-8-9-13-21(20)26-4)17(3)24(15)16(2)18-10-6-5-7-11-18/h5-14,16H,1-4H3,(H,23,25). The van der Waals surface area contributed by atoms with E-state index in [-0.39, 0.29) is 11.9 Å². The van der Waals surface area contributed by atoms with E-state index in [4.69, 9.17) is 4.74 Å². The highest BCUT2D eigenvalue weighted by Gasteiger charge is 2.20. The van der Waals surface area contributed by atoms with Gasteiger partial charge in [0.05, 0.1) is 24.4 Å². The molecule has 134 valence electrons. The van der Waals surface area contributed by atoms with E-state index in [1.807, 2.05) is 62.4 Å². The fourth-order valence-electron chi connectivity index (χ4n) is 3.42. The van der Waals surface area contributed by atoms with E-state index in [0.29, 0.717) is 17.0 Å². The molecule has 2 aromatic carbocycles. The largest absolute Gasteiger partial charge is 0.495 e. The Bertz CT molecular complexity index is 913. The average molecular weight is 348 g/mol. The SMILES string of the molecule is COc1ccccc1NC(=O)c1cc(C)n(C(C)c2ccccc2)c1C. The van der Waals surface area contributed by atoms with Crippen LogP contribution in [-0.4, -0.2) is 17.6 Å². The minimum Gasteiger partial charge on any atom is -0.495 e. The van der Waals surface area contributed by atoms with Crippen molar-refractivity contribution in [3.05, 3.63) is 83.2 Å². The van der Waals surface area contributed by atoms with Gasteiger partial charge in [-0.3, -0.25) is 4.79 Å². The number of hydrogen-bond acceptors (Lipinski definition) is 2. The van der Waals surface area contributed by atoms with Crippen molar-refractivity contribution in [3.8, 4) is 5.75 Å². The zero-order chi connectivity index (χ0) is 18.7. The van der Waals surface area contributed by atoms with E-state index in [2.05, 4.69) is 28.9 Å². The predicted octanol–water partition coefficient (Wildman–Crippen LogP) is 4.98. The number of para-hydroxylation sites is 2. The molecule has 0 aliphatic carbocycles. The van der Waals surface area contributed by atoms with Crippen LogP contribution in [0.15, 0.2) is 60.7 Å². The van der Waals surface area contributed by atoms with Gasteiger partial charge in [0.2, 0.25) is 0 Å². The van der Waals surface area contributed by atoms with Gasteiger partial charge in [-0.1, -0.05) is 42.5 Å². The molecule has 0 spiro atoms. The normalized spacial score (nSPS) is 11.8. The lowest BCUT2D eigenvalue weighted by Gasteiger charge is -2.19. The number of benzene rings is 2. The summed E-state index contributed by atoms with van der Waals surface area (Å²) in [6.45, 7) is 6.17. The van der Waals surface area contributed by atoms with Gasteiger partial charge in [0.25, 0.3) is 5.91 Å². The first-order valence-corrected chi connectivity index (χ1v) is 8.70. The predicted molar refractivity (Wildman–Crippen MR) is 105 cm³/mol. The number of amides is 1. The highest BCUT2D eigenvalue weighted by atomic mass is 16.5. The number of hydrogen-bond donors (Lipinski definition) is 1. The molecule has 0 aliphatic rings. The Kier molecular flexibility index (Phi) is 5.12. The Hall–Kier alpha value is -3.01. The first kappa shape index (κ1) is 17.8. The summed E-state index contributed by atoms with van der Waals surface area (Å²) in [7, 11) is 1.60. The minimum atomic E-state index is -0.130. The molecular formula is C22H24N2O2. The molecule has 26 heavy (non-hydrogen) atoms. The molecule has 1 heterocycles. The summed E-state index contributed by atoms with van der Waals surface area (Å²) in [4.78, 5) is 12.8. The summed E-state index contributed by atoms with van der Waals surface area (Å²) in [5.41, 5.74) is 4.57. The number of aryl methyl sites for hydroxylation is 1. The van der Waals surface area contributed by atoms with Crippen molar-refractivity contribution in [1.29, 1.82) is 0 Å². The maximum absolute atomic E-state index is 12.8. The van der Waals surface area contributed by atoms with Crippen molar-refractivity contribution in [2.45, 2.75) is 26.8 Å². The summed E-state index contributed by atoms with van der Waals surface area (Å²) in [5, 5.41) is 2.96. The van der Waals surface area contributed by atoms with Gasteiger partial charge in [-0.05, 0) is 44.5 Å². The topological polar surface area (TPSA) is 43.3 Å². The second-order valence-corrected chi connectivity index (χ2v) is 6.40. The Morgan fingerprint density at radius 2 is 1.69 bits per heavy atom. The van der Waals surface area contributed by atoms with Crippen LogP contribution in [0.3, 0.4) is 0 Å². The molecule has 4 heteroatoms. The third-order valence-electron chi connectivity index (χ3n) is 4.75. The molecule has 1 atom stereocenters. The molecule has 1 N–H and O–H groups in total. The van der Waals surface area contributed by atoms with Crippen molar-refractivity contribution in [2.24, 2.45) is 0 Å². The van der Waals surface area contributed by atoms with Gasteiger partial charge < -0.3 is 14.6 Å². The number of rotatable bonds is 5. The van der Waals surface area contributed by atoms with Gasteiger partial charge in [0, 0.05) is 11.4 Å². The van der Waals surface area contributed by atoms with Gasteiger partial charge in [-0.15, -0.1) is 0 Å². The van der Waals surface area contributed by atoms with Gasteiger partial charge in [0.1, 0.15) is 5.75 Å². The van der Waals surface area contributed by atoms with Gasteiger partial charge in [-0.2, -0.15) is 0 Å². The van der Waals surface area contributed by atoms with Crippen molar-refractivity contribution < 1.29 is 9.53 Å². The summed E-state index contributed by atoms with van der Waals surface area (Å²) in [6, 6.07) is 19.8. The zero-order valence-corrected chi connectivity index (χ0v) is 15.6. The van der Waals surface area contributed by atoms with Crippen molar-refractivity contribution in [1.82, 2.24) is 4.57 Å². The monoisotopic (exact) mass is 348 g/mol. The summed E-state index contributed by atoms with van der Waals surface area (Å²) < 4.78 is 7.52. The van der Waals surface area contributed by atoms with Gasteiger partial charge >= 0.3 is 0 Å². The lowest BCUT2D eigenvalue weighted by atomic mass is 10.1. The molecule has 3 rings (SSSR count). The lowest BCUT2D eigenvalue weighted by molar-refractivity contribution is 0.102. The molecule has 1 unspecified atom stereocenters. The number of anilines is 1. The fourth-order valence-corrected chi connectivity index (χ4v) is 3.42. The van der Waals surface area contributed by atoms with Gasteiger partial charge in [-0.25, -0.2) is 0 Å². The van der Waals surface area contributed by atoms with E-state index < -0.39 is 0 Å². The summed E-state index contributed by atoms with van der Waals surface area (Å²) in [6.07, 6.45) is 0. The number of nitrogens with one attached hydrogen (secondary N) is 1. The Balaban J connectivity index is 1.91. The number of carbonyl (C=O) groups is 1. The van der Waals surface area contributed by atoms with Crippen LogP contribution < -0.4 is 10.1 Å². The molecule has 0 saturated carbocycles. The van der Waals surface area contributed by atoms with Crippen LogP contribution in [0.4, 0.5) is 5.69 Å². The first-order valence-electron chi connectivity index (χ1n) is 8.70.